The van der Waals surface area contributed by atoms with E-state index in [-0.39, 0.29) is 5.56 Å². The molecule has 2 aromatic rings. The van der Waals surface area contributed by atoms with Crippen LogP contribution in [0.1, 0.15) is 16.7 Å². The fourth-order valence-electron chi connectivity index (χ4n) is 1.62. The predicted octanol–water partition coefficient (Wildman–Crippen LogP) is 2.90. The van der Waals surface area contributed by atoms with E-state index in [9.17, 15) is 9.50 Å². The van der Waals surface area contributed by atoms with E-state index < -0.39 is 11.9 Å². The lowest BCUT2D eigenvalue weighted by Gasteiger charge is -1.94. The molecule has 2 aromatic carbocycles. The summed E-state index contributed by atoms with van der Waals surface area (Å²) in [6.07, 6.45) is -1.10. The van der Waals surface area contributed by atoms with Crippen LogP contribution in [0.4, 0.5) is 4.39 Å². The van der Waals surface area contributed by atoms with Crippen molar-refractivity contribution in [3.05, 3.63) is 71.0 Å². The lowest BCUT2D eigenvalue weighted by atomic mass is 10.1. The maximum atomic E-state index is 13.3. The maximum Gasteiger partial charge on any atom is 0.177 e. The SMILES string of the molecule is Cc1cccc(C#CC(O)C#Cc2ccccc2F)c1. The first-order chi connectivity index (χ1) is 9.65. The van der Waals surface area contributed by atoms with Crippen molar-refractivity contribution in [2.45, 2.75) is 13.0 Å². The number of rotatable bonds is 0. The van der Waals surface area contributed by atoms with Crippen LogP contribution in [0.15, 0.2) is 48.5 Å². The maximum absolute atomic E-state index is 13.3. The van der Waals surface area contributed by atoms with Gasteiger partial charge in [-0.3, -0.25) is 0 Å². The summed E-state index contributed by atoms with van der Waals surface area (Å²) in [5.41, 5.74) is 2.17. The van der Waals surface area contributed by atoms with Crippen molar-refractivity contribution < 1.29 is 9.50 Å². The highest BCUT2D eigenvalue weighted by Gasteiger charge is 1.96. The van der Waals surface area contributed by atoms with E-state index >= 15 is 0 Å². The minimum absolute atomic E-state index is 0.254. The highest BCUT2D eigenvalue weighted by molar-refractivity contribution is 5.41. The highest BCUT2D eigenvalue weighted by Crippen LogP contribution is 2.04. The van der Waals surface area contributed by atoms with Gasteiger partial charge in [-0.1, -0.05) is 47.9 Å². The van der Waals surface area contributed by atoms with Crippen LogP contribution in [0, 0.1) is 36.4 Å². The highest BCUT2D eigenvalue weighted by atomic mass is 19.1. The quantitative estimate of drug-likeness (QED) is 0.725. The number of aliphatic hydroxyl groups excluding tert-OH is 1. The third kappa shape index (κ3) is 3.99. The zero-order valence-electron chi connectivity index (χ0n) is 11.0. The van der Waals surface area contributed by atoms with E-state index in [0.29, 0.717) is 0 Å². The molecule has 0 spiro atoms. The molecule has 0 aliphatic rings. The molecule has 0 fully saturated rings. The Balaban J connectivity index is 2.12. The second-order valence-corrected chi connectivity index (χ2v) is 4.29. The van der Waals surface area contributed by atoms with Gasteiger partial charge < -0.3 is 5.11 Å². The Labute approximate surface area is 118 Å². The van der Waals surface area contributed by atoms with Crippen LogP contribution in [0.2, 0.25) is 0 Å². The molecule has 2 rings (SSSR count). The number of aliphatic hydroxyl groups is 1. The van der Waals surface area contributed by atoms with E-state index in [2.05, 4.69) is 23.7 Å². The van der Waals surface area contributed by atoms with Crippen molar-refractivity contribution in [3.63, 3.8) is 0 Å². The monoisotopic (exact) mass is 264 g/mol. The molecule has 0 radical (unpaired) electrons. The summed E-state index contributed by atoms with van der Waals surface area (Å²) < 4.78 is 13.3. The van der Waals surface area contributed by atoms with Crippen LogP contribution >= 0.6 is 0 Å². The van der Waals surface area contributed by atoms with E-state index in [0.717, 1.165) is 11.1 Å². The zero-order chi connectivity index (χ0) is 14.4. The summed E-state index contributed by atoms with van der Waals surface area (Å²) in [5, 5.41) is 9.66. The molecular weight excluding hydrogens is 251 g/mol. The number of benzene rings is 2. The molecule has 1 N–H and O–H groups in total. The molecule has 1 atom stereocenters. The summed E-state index contributed by atoms with van der Waals surface area (Å²) in [7, 11) is 0. The molecular formula is C18H13FO. The molecule has 2 heteroatoms. The van der Waals surface area contributed by atoms with Gasteiger partial charge in [0.05, 0.1) is 5.56 Å². The van der Waals surface area contributed by atoms with Crippen LogP contribution in [0.5, 0.6) is 0 Å². The van der Waals surface area contributed by atoms with Crippen molar-refractivity contribution in [1.29, 1.82) is 0 Å². The number of hydrogen-bond acceptors (Lipinski definition) is 1. The summed E-state index contributed by atoms with van der Waals surface area (Å²) in [5.74, 6) is 10.2. The molecule has 1 nitrogen and oxygen atoms in total. The van der Waals surface area contributed by atoms with Crippen LogP contribution in [-0.2, 0) is 0 Å². The van der Waals surface area contributed by atoms with Crippen LogP contribution < -0.4 is 0 Å². The largest absolute Gasteiger partial charge is 0.369 e. The van der Waals surface area contributed by atoms with Gasteiger partial charge in [0.15, 0.2) is 6.10 Å². The van der Waals surface area contributed by atoms with Crippen molar-refractivity contribution in [2.75, 3.05) is 0 Å². The molecule has 0 amide bonds. The Morgan fingerprint density at radius 1 is 1.00 bits per heavy atom. The van der Waals surface area contributed by atoms with Crippen molar-refractivity contribution in [3.8, 4) is 23.7 Å². The molecule has 1 unspecified atom stereocenters. The molecule has 0 aliphatic heterocycles. The summed E-state index contributed by atoms with van der Waals surface area (Å²) in [6, 6.07) is 13.8. The topological polar surface area (TPSA) is 20.2 Å². The van der Waals surface area contributed by atoms with Gasteiger partial charge in [0.25, 0.3) is 0 Å². The first-order valence-electron chi connectivity index (χ1n) is 6.17. The van der Waals surface area contributed by atoms with E-state index in [1.807, 2.05) is 31.2 Å². The number of halogens is 1. The standard InChI is InChI=1S/C18H13FO/c1-14-5-4-6-15(13-14)9-11-17(20)12-10-16-7-2-3-8-18(16)19/h2-8,13,17,20H,1H3. The Morgan fingerprint density at radius 2 is 1.75 bits per heavy atom. The number of hydrogen-bond donors (Lipinski definition) is 1. The second-order valence-electron chi connectivity index (χ2n) is 4.29. The van der Waals surface area contributed by atoms with Gasteiger partial charge >= 0.3 is 0 Å². The Bertz CT molecular complexity index is 726. The van der Waals surface area contributed by atoms with Gasteiger partial charge in [0.1, 0.15) is 5.82 Å². The second kappa shape index (κ2) is 6.57. The van der Waals surface area contributed by atoms with Gasteiger partial charge in [-0.25, -0.2) is 4.39 Å². The lowest BCUT2D eigenvalue weighted by molar-refractivity contribution is 0.289. The van der Waals surface area contributed by atoms with Crippen LogP contribution in [-0.4, -0.2) is 11.2 Å². The number of aryl methyl sites for hydroxylation is 1. The summed E-state index contributed by atoms with van der Waals surface area (Å²) >= 11 is 0. The predicted molar refractivity (Wildman–Crippen MR) is 77.3 cm³/mol. The van der Waals surface area contributed by atoms with Gasteiger partial charge in [0.2, 0.25) is 0 Å². The minimum atomic E-state index is -1.10. The average Bonchev–Trinajstić information content (AvgIpc) is 2.44. The third-order valence-corrected chi connectivity index (χ3v) is 2.59. The minimum Gasteiger partial charge on any atom is -0.369 e. The van der Waals surface area contributed by atoms with Crippen LogP contribution in [0.25, 0.3) is 0 Å². The van der Waals surface area contributed by atoms with Crippen molar-refractivity contribution >= 4 is 0 Å². The van der Waals surface area contributed by atoms with Crippen molar-refractivity contribution in [1.82, 2.24) is 0 Å². The molecule has 0 saturated heterocycles. The average molecular weight is 264 g/mol. The van der Waals surface area contributed by atoms with Gasteiger partial charge in [-0.15, -0.1) is 0 Å². The molecule has 98 valence electrons. The Morgan fingerprint density at radius 3 is 2.50 bits per heavy atom. The van der Waals surface area contributed by atoms with Crippen LogP contribution in [0.3, 0.4) is 0 Å². The molecule has 0 bridgehead atoms. The fourth-order valence-corrected chi connectivity index (χ4v) is 1.62. The van der Waals surface area contributed by atoms with E-state index in [1.165, 1.54) is 6.07 Å². The molecule has 0 aromatic heterocycles. The van der Waals surface area contributed by atoms with E-state index in [4.69, 9.17) is 0 Å². The van der Waals surface area contributed by atoms with Gasteiger partial charge in [0, 0.05) is 5.56 Å². The molecule has 0 saturated carbocycles. The van der Waals surface area contributed by atoms with E-state index in [1.54, 1.807) is 18.2 Å². The smallest absolute Gasteiger partial charge is 0.177 e. The Hall–Kier alpha value is -2.55. The first kappa shape index (κ1) is 13.9. The molecule has 20 heavy (non-hydrogen) atoms. The fraction of sp³-hybridized carbons (Fsp3) is 0.111. The van der Waals surface area contributed by atoms with Crippen molar-refractivity contribution in [2.24, 2.45) is 0 Å². The summed E-state index contributed by atoms with van der Waals surface area (Å²) in [6.45, 7) is 1.97. The third-order valence-electron chi connectivity index (χ3n) is 2.59. The van der Waals surface area contributed by atoms with Gasteiger partial charge in [-0.05, 0) is 36.8 Å². The van der Waals surface area contributed by atoms with Gasteiger partial charge in [-0.2, -0.15) is 0 Å². The lowest BCUT2D eigenvalue weighted by Crippen LogP contribution is -1.98. The Kier molecular flexibility index (Phi) is 4.56. The molecule has 0 aliphatic carbocycles. The molecule has 0 heterocycles. The zero-order valence-corrected chi connectivity index (χ0v) is 11.0. The first-order valence-corrected chi connectivity index (χ1v) is 6.17. The normalized spacial score (nSPS) is 10.8. The summed E-state index contributed by atoms with van der Waals surface area (Å²) in [4.78, 5) is 0.